The monoisotopic (exact) mass is 263 g/mol. The SMILES string of the molecule is Cc1c(CN)sc2nc(C3CCC3)n(C)c(=O)c12. The minimum absolute atomic E-state index is 0.0790. The maximum atomic E-state index is 12.4. The summed E-state index contributed by atoms with van der Waals surface area (Å²) in [7, 11) is 1.83. The largest absolute Gasteiger partial charge is 0.326 e. The summed E-state index contributed by atoms with van der Waals surface area (Å²) in [6.45, 7) is 2.45. The van der Waals surface area contributed by atoms with Crippen LogP contribution in [0.2, 0.25) is 0 Å². The quantitative estimate of drug-likeness (QED) is 0.901. The van der Waals surface area contributed by atoms with E-state index < -0.39 is 0 Å². The Balaban J connectivity index is 2.30. The van der Waals surface area contributed by atoms with Crippen LogP contribution in [-0.2, 0) is 13.6 Å². The second kappa shape index (κ2) is 4.17. The number of fused-ring (bicyclic) bond motifs is 1. The van der Waals surface area contributed by atoms with E-state index in [1.54, 1.807) is 15.9 Å². The van der Waals surface area contributed by atoms with Crippen molar-refractivity contribution < 1.29 is 0 Å². The first-order valence-electron chi connectivity index (χ1n) is 6.32. The van der Waals surface area contributed by atoms with Crippen LogP contribution in [0.4, 0.5) is 0 Å². The summed E-state index contributed by atoms with van der Waals surface area (Å²) in [5.74, 6) is 1.42. The predicted molar refractivity (Wildman–Crippen MR) is 74.1 cm³/mol. The Morgan fingerprint density at radius 1 is 1.50 bits per heavy atom. The van der Waals surface area contributed by atoms with Crippen molar-refractivity contribution in [1.29, 1.82) is 0 Å². The number of aromatic nitrogens is 2. The van der Waals surface area contributed by atoms with Crippen LogP contribution < -0.4 is 11.3 Å². The molecule has 1 aliphatic rings. The Labute approximate surface area is 109 Å². The highest BCUT2D eigenvalue weighted by Gasteiger charge is 2.25. The van der Waals surface area contributed by atoms with Gasteiger partial charge in [-0.25, -0.2) is 4.98 Å². The molecular formula is C13H17N3OS. The molecular weight excluding hydrogens is 246 g/mol. The molecule has 0 aromatic carbocycles. The van der Waals surface area contributed by atoms with E-state index >= 15 is 0 Å². The molecule has 0 spiro atoms. The molecule has 1 saturated carbocycles. The molecule has 3 rings (SSSR count). The number of nitrogens with zero attached hydrogens (tertiary/aromatic N) is 2. The average Bonchev–Trinajstić information content (AvgIpc) is 2.60. The van der Waals surface area contributed by atoms with Gasteiger partial charge in [0, 0.05) is 24.4 Å². The summed E-state index contributed by atoms with van der Waals surface area (Å²) in [5.41, 5.74) is 6.80. The molecule has 96 valence electrons. The van der Waals surface area contributed by atoms with Crippen LogP contribution in [0.1, 0.15) is 41.4 Å². The van der Waals surface area contributed by atoms with Crippen molar-refractivity contribution >= 4 is 21.6 Å². The van der Waals surface area contributed by atoms with Crippen LogP contribution in [-0.4, -0.2) is 9.55 Å². The molecule has 2 aromatic heterocycles. The molecule has 0 atom stereocenters. The number of nitrogens with two attached hydrogens (primary N) is 1. The lowest BCUT2D eigenvalue weighted by Gasteiger charge is -2.26. The molecule has 0 aliphatic heterocycles. The van der Waals surface area contributed by atoms with Crippen molar-refractivity contribution in [2.75, 3.05) is 0 Å². The minimum atomic E-state index is 0.0790. The topological polar surface area (TPSA) is 60.9 Å². The Morgan fingerprint density at radius 2 is 2.22 bits per heavy atom. The fraction of sp³-hybridized carbons (Fsp3) is 0.538. The van der Waals surface area contributed by atoms with Gasteiger partial charge in [0.05, 0.1) is 5.39 Å². The molecule has 0 saturated heterocycles. The van der Waals surface area contributed by atoms with E-state index in [-0.39, 0.29) is 5.56 Å². The molecule has 18 heavy (non-hydrogen) atoms. The second-order valence-corrected chi connectivity index (χ2v) is 6.08. The smallest absolute Gasteiger partial charge is 0.262 e. The average molecular weight is 263 g/mol. The number of hydrogen-bond acceptors (Lipinski definition) is 4. The Morgan fingerprint density at radius 3 is 2.78 bits per heavy atom. The standard InChI is InChI=1S/C13H17N3OS/c1-7-9(6-14)18-12-10(7)13(17)16(2)11(15-12)8-4-3-5-8/h8H,3-6,14H2,1-2H3. The predicted octanol–water partition coefficient (Wildman–Crippen LogP) is 2.03. The summed E-state index contributed by atoms with van der Waals surface area (Å²) in [4.78, 5) is 19.1. The maximum absolute atomic E-state index is 12.4. The first-order valence-corrected chi connectivity index (χ1v) is 7.14. The van der Waals surface area contributed by atoms with Gasteiger partial charge in [-0.15, -0.1) is 11.3 Å². The molecule has 1 aliphatic carbocycles. The Hall–Kier alpha value is -1.20. The van der Waals surface area contributed by atoms with E-state index in [1.165, 1.54) is 6.42 Å². The lowest BCUT2D eigenvalue weighted by Crippen LogP contribution is -2.26. The first kappa shape index (κ1) is 11.9. The second-order valence-electron chi connectivity index (χ2n) is 5.00. The number of hydrogen-bond donors (Lipinski definition) is 1. The minimum Gasteiger partial charge on any atom is -0.326 e. The van der Waals surface area contributed by atoms with Crippen LogP contribution in [0.3, 0.4) is 0 Å². The highest BCUT2D eigenvalue weighted by Crippen LogP contribution is 2.36. The molecule has 2 aromatic rings. The molecule has 0 unspecified atom stereocenters. The van der Waals surface area contributed by atoms with Crippen molar-refractivity contribution in [3.8, 4) is 0 Å². The third-order valence-electron chi connectivity index (χ3n) is 3.96. The molecule has 0 bridgehead atoms. The van der Waals surface area contributed by atoms with Crippen molar-refractivity contribution in [2.24, 2.45) is 12.8 Å². The van der Waals surface area contributed by atoms with Gasteiger partial charge >= 0.3 is 0 Å². The van der Waals surface area contributed by atoms with E-state index in [9.17, 15) is 4.79 Å². The molecule has 2 heterocycles. The van der Waals surface area contributed by atoms with Gasteiger partial charge in [-0.3, -0.25) is 9.36 Å². The molecule has 1 fully saturated rings. The summed E-state index contributed by atoms with van der Waals surface area (Å²) in [6, 6.07) is 0. The van der Waals surface area contributed by atoms with Gasteiger partial charge in [-0.2, -0.15) is 0 Å². The molecule has 0 radical (unpaired) electrons. The van der Waals surface area contributed by atoms with E-state index in [0.29, 0.717) is 12.5 Å². The zero-order chi connectivity index (χ0) is 12.9. The fourth-order valence-electron chi connectivity index (χ4n) is 2.55. The van der Waals surface area contributed by atoms with Crippen LogP contribution in [0.5, 0.6) is 0 Å². The highest BCUT2D eigenvalue weighted by molar-refractivity contribution is 7.18. The highest BCUT2D eigenvalue weighted by atomic mass is 32.1. The van der Waals surface area contributed by atoms with Crippen LogP contribution in [0.15, 0.2) is 4.79 Å². The van der Waals surface area contributed by atoms with E-state index in [0.717, 1.165) is 39.3 Å². The summed E-state index contributed by atoms with van der Waals surface area (Å²) in [6.07, 6.45) is 3.55. The molecule has 5 heteroatoms. The van der Waals surface area contributed by atoms with Gasteiger partial charge in [-0.1, -0.05) is 6.42 Å². The van der Waals surface area contributed by atoms with Crippen molar-refractivity contribution in [3.05, 3.63) is 26.6 Å². The summed E-state index contributed by atoms with van der Waals surface area (Å²) in [5, 5.41) is 0.756. The number of rotatable bonds is 2. The van der Waals surface area contributed by atoms with Crippen molar-refractivity contribution in [2.45, 2.75) is 38.6 Å². The van der Waals surface area contributed by atoms with E-state index in [4.69, 9.17) is 10.7 Å². The van der Waals surface area contributed by atoms with Gasteiger partial charge in [-0.05, 0) is 25.3 Å². The van der Waals surface area contributed by atoms with Crippen LogP contribution >= 0.6 is 11.3 Å². The number of thiophene rings is 1. The van der Waals surface area contributed by atoms with Gasteiger partial charge in [0.1, 0.15) is 10.7 Å². The first-order chi connectivity index (χ1) is 8.63. The lowest BCUT2D eigenvalue weighted by molar-refractivity contribution is 0.389. The normalized spacial score (nSPS) is 16.2. The molecule has 4 nitrogen and oxygen atoms in total. The zero-order valence-electron chi connectivity index (χ0n) is 10.7. The summed E-state index contributed by atoms with van der Waals surface area (Å²) >= 11 is 1.56. The van der Waals surface area contributed by atoms with Crippen molar-refractivity contribution in [1.82, 2.24) is 9.55 Å². The van der Waals surface area contributed by atoms with Crippen LogP contribution in [0.25, 0.3) is 10.2 Å². The maximum Gasteiger partial charge on any atom is 0.262 e. The van der Waals surface area contributed by atoms with E-state index in [1.807, 2.05) is 14.0 Å². The Bertz CT molecular complexity index is 667. The lowest BCUT2D eigenvalue weighted by atomic mass is 9.84. The van der Waals surface area contributed by atoms with Gasteiger partial charge < -0.3 is 5.73 Å². The van der Waals surface area contributed by atoms with Crippen molar-refractivity contribution in [3.63, 3.8) is 0 Å². The number of aryl methyl sites for hydroxylation is 1. The van der Waals surface area contributed by atoms with Gasteiger partial charge in [0.25, 0.3) is 5.56 Å². The molecule has 0 amide bonds. The van der Waals surface area contributed by atoms with Gasteiger partial charge in [0.15, 0.2) is 0 Å². The Kier molecular flexibility index (Phi) is 2.75. The molecule has 2 N–H and O–H groups in total. The third kappa shape index (κ3) is 1.54. The zero-order valence-corrected chi connectivity index (χ0v) is 11.5. The fourth-order valence-corrected chi connectivity index (χ4v) is 3.61. The van der Waals surface area contributed by atoms with Crippen LogP contribution in [0, 0.1) is 6.92 Å². The third-order valence-corrected chi connectivity index (χ3v) is 5.17. The van der Waals surface area contributed by atoms with E-state index in [2.05, 4.69) is 0 Å². The summed E-state index contributed by atoms with van der Waals surface area (Å²) < 4.78 is 1.73. The van der Waals surface area contributed by atoms with Gasteiger partial charge in [0.2, 0.25) is 0 Å².